The van der Waals surface area contributed by atoms with E-state index in [1.54, 1.807) is 0 Å². The molecular weight excluding hydrogens is 324 g/mol. The molecule has 0 N–H and O–H groups in total. The summed E-state index contributed by atoms with van der Waals surface area (Å²) in [5, 5.41) is 0. The number of hydrogen-bond donors (Lipinski definition) is 0. The number of piperazine rings is 1. The van der Waals surface area contributed by atoms with Gasteiger partial charge < -0.3 is 23.8 Å². The summed E-state index contributed by atoms with van der Waals surface area (Å²) in [5.74, 6) is 1.70. The lowest BCUT2D eigenvalue weighted by molar-refractivity contribution is -0.159. The molecule has 0 bridgehead atoms. The van der Waals surface area contributed by atoms with Crippen LogP contribution in [-0.4, -0.2) is 81.0 Å². The third-order valence-electron chi connectivity index (χ3n) is 4.79. The van der Waals surface area contributed by atoms with E-state index in [1.807, 2.05) is 11.0 Å². The van der Waals surface area contributed by atoms with Crippen LogP contribution in [0.25, 0.3) is 0 Å². The minimum atomic E-state index is -0.432. The summed E-state index contributed by atoms with van der Waals surface area (Å²) >= 11 is 0. The molecule has 1 amide bonds. The summed E-state index contributed by atoms with van der Waals surface area (Å²) in [4.78, 5) is 16.7. The van der Waals surface area contributed by atoms with Crippen LogP contribution in [0.1, 0.15) is 5.56 Å². The van der Waals surface area contributed by atoms with E-state index < -0.39 is 6.10 Å². The van der Waals surface area contributed by atoms with Crippen molar-refractivity contribution in [3.63, 3.8) is 0 Å². The molecule has 7 heteroatoms. The Bertz CT molecular complexity index is 609. The van der Waals surface area contributed by atoms with Gasteiger partial charge in [0.2, 0.25) is 0 Å². The number of fused-ring (bicyclic) bond motifs is 1. The van der Waals surface area contributed by atoms with Gasteiger partial charge in [-0.1, -0.05) is 6.07 Å². The second kappa shape index (κ2) is 7.59. The Morgan fingerprint density at radius 3 is 2.56 bits per heavy atom. The smallest absolute Gasteiger partial charge is 0.254 e. The molecule has 1 aromatic rings. The fourth-order valence-electron chi connectivity index (χ4n) is 3.40. The Morgan fingerprint density at radius 1 is 1.00 bits per heavy atom. The summed E-state index contributed by atoms with van der Waals surface area (Å²) in [6.07, 6.45) is -0.432. The molecule has 136 valence electrons. The van der Waals surface area contributed by atoms with Gasteiger partial charge in [0.05, 0.1) is 19.8 Å². The predicted molar refractivity (Wildman–Crippen MR) is 89.8 cm³/mol. The third-order valence-corrected chi connectivity index (χ3v) is 4.79. The lowest BCUT2D eigenvalue weighted by Crippen LogP contribution is -2.53. The molecule has 7 nitrogen and oxygen atoms in total. The number of nitrogens with zero attached hydrogens (tertiary/aromatic N) is 2. The van der Waals surface area contributed by atoms with Crippen molar-refractivity contribution < 1.29 is 23.7 Å². The van der Waals surface area contributed by atoms with Gasteiger partial charge in [0.25, 0.3) is 5.91 Å². The Morgan fingerprint density at radius 2 is 1.80 bits per heavy atom. The highest BCUT2D eigenvalue weighted by Crippen LogP contribution is 2.31. The number of rotatable bonds is 3. The van der Waals surface area contributed by atoms with Gasteiger partial charge in [-0.2, -0.15) is 0 Å². The van der Waals surface area contributed by atoms with Crippen molar-refractivity contribution in [2.75, 3.05) is 59.2 Å². The zero-order chi connectivity index (χ0) is 17.1. The fourth-order valence-corrected chi connectivity index (χ4v) is 3.40. The molecule has 0 aromatic heterocycles. The largest absolute Gasteiger partial charge is 0.486 e. The molecule has 25 heavy (non-hydrogen) atoms. The van der Waals surface area contributed by atoms with Crippen LogP contribution in [0, 0.1) is 0 Å². The first-order chi connectivity index (χ1) is 12.3. The highest BCUT2D eigenvalue weighted by Gasteiger charge is 2.29. The van der Waals surface area contributed by atoms with Gasteiger partial charge in [-0.05, 0) is 17.7 Å². The molecule has 0 spiro atoms. The molecule has 0 aliphatic carbocycles. The summed E-state index contributed by atoms with van der Waals surface area (Å²) in [7, 11) is 0. The molecule has 0 radical (unpaired) electrons. The molecule has 3 aliphatic rings. The van der Waals surface area contributed by atoms with Crippen molar-refractivity contribution in [3.05, 3.63) is 23.8 Å². The van der Waals surface area contributed by atoms with E-state index in [4.69, 9.17) is 18.9 Å². The first-order valence-electron chi connectivity index (χ1n) is 8.88. The summed E-state index contributed by atoms with van der Waals surface area (Å²) < 4.78 is 22.1. The first-order valence-corrected chi connectivity index (χ1v) is 8.88. The molecule has 4 rings (SSSR count). The normalized spacial score (nSPS) is 24.2. The Labute approximate surface area is 147 Å². The minimum absolute atomic E-state index is 0.0543. The predicted octanol–water partition coefficient (Wildman–Crippen LogP) is 0.517. The topological polar surface area (TPSA) is 60.5 Å². The van der Waals surface area contributed by atoms with Crippen molar-refractivity contribution in [2.24, 2.45) is 0 Å². The molecule has 3 aliphatic heterocycles. The molecule has 1 aromatic carbocycles. The maximum Gasteiger partial charge on any atom is 0.254 e. The monoisotopic (exact) mass is 348 g/mol. The van der Waals surface area contributed by atoms with Crippen LogP contribution in [0.4, 0.5) is 0 Å². The summed E-state index contributed by atoms with van der Waals surface area (Å²) in [6.45, 7) is 6.67. The van der Waals surface area contributed by atoms with Gasteiger partial charge in [-0.3, -0.25) is 9.69 Å². The Kier molecular flexibility index (Phi) is 5.05. The van der Waals surface area contributed by atoms with Crippen LogP contribution in [0.3, 0.4) is 0 Å². The molecule has 2 fully saturated rings. The molecule has 1 unspecified atom stereocenters. The average molecular weight is 348 g/mol. The Balaban J connectivity index is 1.29. The van der Waals surface area contributed by atoms with Gasteiger partial charge in [0.15, 0.2) is 17.6 Å². The molecule has 3 heterocycles. The highest BCUT2D eigenvalue weighted by molar-refractivity contribution is 5.81. The number of benzene rings is 1. The van der Waals surface area contributed by atoms with E-state index in [-0.39, 0.29) is 5.91 Å². The minimum Gasteiger partial charge on any atom is -0.486 e. The van der Waals surface area contributed by atoms with Crippen molar-refractivity contribution in [1.82, 2.24) is 9.80 Å². The summed E-state index contributed by atoms with van der Waals surface area (Å²) in [6, 6.07) is 6.11. The molecular formula is C18H24N2O5. The second-order valence-electron chi connectivity index (χ2n) is 6.51. The van der Waals surface area contributed by atoms with E-state index in [0.717, 1.165) is 44.2 Å². The van der Waals surface area contributed by atoms with Crippen molar-refractivity contribution in [2.45, 2.75) is 12.6 Å². The van der Waals surface area contributed by atoms with Gasteiger partial charge in [-0.15, -0.1) is 0 Å². The zero-order valence-electron chi connectivity index (χ0n) is 14.3. The first kappa shape index (κ1) is 16.6. The van der Waals surface area contributed by atoms with Gasteiger partial charge in [-0.25, -0.2) is 0 Å². The van der Waals surface area contributed by atoms with Crippen molar-refractivity contribution in [3.8, 4) is 11.5 Å². The standard InChI is InChI=1S/C18H24N2O5/c21-18(17-13-22-7-8-25-17)20-5-3-19(4-6-20)12-14-1-2-15-16(11-14)24-10-9-23-15/h1-2,11,17H,3-10,12-13H2. The van der Waals surface area contributed by atoms with E-state index in [0.29, 0.717) is 33.0 Å². The van der Waals surface area contributed by atoms with Crippen molar-refractivity contribution >= 4 is 5.91 Å². The third kappa shape index (κ3) is 3.89. The SMILES string of the molecule is O=C(C1COCCO1)N1CCN(Cc2ccc3c(c2)OCCO3)CC1. The quantitative estimate of drug-likeness (QED) is 0.794. The Hall–Kier alpha value is -1.83. The van der Waals surface area contributed by atoms with E-state index in [2.05, 4.69) is 17.0 Å². The number of amides is 1. The van der Waals surface area contributed by atoms with E-state index in [9.17, 15) is 4.79 Å². The van der Waals surface area contributed by atoms with Crippen molar-refractivity contribution in [1.29, 1.82) is 0 Å². The zero-order valence-corrected chi connectivity index (χ0v) is 14.3. The number of hydrogen-bond acceptors (Lipinski definition) is 6. The lowest BCUT2D eigenvalue weighted by atomic mass is 10.1. The molecule has 1 atom stereocenters. The van der Waals surface area contributed by atoms with Crippen LogP contribution >= 0.6 is 0 Å². The maximum absolute atomic E-state index is 12.5. The van der Waals surface area contributed by atoms with Crippen LogP contribution in [0.2, 0.25) is 0 Å². The second-order valence-corrected chi connectivity index (χ2v) is 6.51. The van der Waals surface area contributed by atoms with Gasteiger partial charge in [0.1, 0.15) is 13.2 Å². The van der Waals surface area contributed by atoms with Gasteiger partial charge in [0, 0.05) is 32.7 Å². The number of carbonyl (C=O) groups is 1. The fraction of sp³-hybridized carbons (Fsp3) is 0.611. The van der Waals surface area contributed by atoms with E-state index >= 15 is 0 Å². The number of carbonyl (C=O) groups excluding carboxylic acids is 1. The van der Waals surface area contributed by atoms with Crippen LogP contribution in [-0.2, 0) is 20.8 Å². The average Bonchev–Trinajstić information content (AvgIpc) is 2.69. The lowest BCUT2D eigenvalue weighted by Gasteiger charge is -2.37. The molecule has 2 saturated heterocycles. The maximum atomic E-state index is 12.5. The number of ether oxygens (including phenoxy) is 4. The van der Waals surface area contributed by atoms with Gasteiger partial charge >= 0.3 is 0 Å². The molecule has 0 saturated carbocycles. The highest BCUT2D eigenvalue weighted by atomic mass is 16.6. The van der Waals surface area contributed by atoms with Crippen LogP contribution in [0.15, 0.2) is 18.2 Å². The van der Waals surface area contributed by atoms with Crippen LogP contribution < -0.4 is 9.47 Å². The van der Waals surface area contributed by atoms with E-state index in [1.165, 1.54) is 5.56 Å². The van der Waals surface area contributed by atoms with Crippen LogP contribution in [0.5, 0.6) is 11.5 Å². The summed E-state index contributed by atoms with van der Waals surface area (Å²) in [5.41, 5.74) is 1.20.